The SMILES string of the molecule is Cc1cc(C(=O)NCC2CNC2)nn1-c1ccc(Br)cc1. The van der Waals surface area contributed by atoms with E-state index in [4.69, 9.17) is 0 Å². The molecule has 0 spiro atoms. The fourth-order valence-corrected chi connectivity index (χ4v) is 2.51. The molecule has 1 amide bonds. The number of rotatable bonds is 4. The predicted molar refractivity (Wildman–Crippen MR) is 84.7 cm³/mol. The van der Waals surface area contributed by atoms with Crippen molar-refractivity contribution < 1.29 is 4.79 Å². The first kappa shape index (κ1) is 14.3. The number of amides is 1. The Morgan fingerprint density at radius 3 is 2.76 bits per heavy atom. The van der Waals surface area contributed by atoms with Crippen molar-refractivity contribution in [2.45, 2.75) is 6.92 Å². The van der Waals surface area contributed by atoms with Gasteiger partial charge in [-0.15, -0.1) is 0 Å². The van der Waals surface area contributed by atoms with Gasteiger partial charge in [-0.1, -0.05) is 15.9 Å². The molecule has 6 heteroatoms. The maximum atomic E-state index is 12.1. The first-order chi connectivity index (χ1) is 10.1. The van der Waals surface area contributed by atoms with Gasteiger partial charge in [-0.25, -0.2) is 4.68 Å². The number of benzene rings is 1. The minimum absolute atomic E-state index is 0.110. The summed E-state index contributed by atoms with van der Waals surface area (Å²) in [5, 5.41) is 10.5. The Labute approximate surface area is 131 Å². The molecule has 1 fully saturated rings. The maximum Gasteiger partial charge on any atom is 0.271 e. The van der Waals surface area contributed by atoms with Crippen LogP contribution in [0.25, 0.3) is 5.69 Å². The van der Waals surface area contributed by atoms with E-state index in [1.54, 1.807) is 4.68 Å². The predicted octanol–water partition coefficient (Wildman–Crippen LogP) is 1.89. The third kappa shape index (κ3) is 3.16. The highest BCUT2D eigenvalue weighted by Crippen LogP contribution is 2.16. The second kappa shape index (κ2) is 5.99. The summed E-state index contributed by atoms with van der Waals surface area (Å²) in [5.74, 6) is 0.435. The van der Waals surface area contributed by atoms with Crippen molar-refractivity contribution in [3.05, 3.63) is 46.2 Å². The fourth-order valence-electron chi connectivity index (χ4n) is 2.25. The Hall–Kier alpha value is -1.66. The number of nitrogens with zero attached hydrogens (tertiary/aromatic N) is 2. The number of carbonyl (C=O) groups is 1. The first-order valence-electron chi connectivity index (χ1n) is 6.95. The number of hydrogen-bond acceptors (Lipinski definition) is 3. The molecule has 110 valence electrons. The Bertz CT molecular complexity index is 646. The molecule has 1 aromatic heterocycles. The smallest absolute Gasteiger partial charge is 0.271 e. The van der Waals surface area contributed by atoms with Crippen LogP contribution in [0.1, 0.15) is 16.2 Å². The van der Waals surface area contributed by atoms with Crippen LogP contribution in [0.5, 0.6) is 0 Å². The molecule has 2 aromatic rings. The summed E-state index contributed by atoms with van der Waals surface area (Å²) in [6.45, 7) is 4.61. The van der Waals surface area contributed by atoms with Gasteiger partial charge in [0, 0.05) is 35.7 Å². The highest BCUT2D eigenvalue weighted by atomic mass is 79.9. The number of hydrogen-bond donors (Lipinski definition) is 2. The third-order valence-corrected chi connectivity index (χ3v) is 4.14. The van der Waals surface area contributed by atoms with Crippen LogP contribution in [-0.2, 0) is 0 Å². The molecule has 0 saturated carbocycles. The van der Waals surface area contributed by atoms with Gasteiger partial charge in [0.25, 0.3) is 5.91 Å². The Balaban J connectivity index is 1.73. The number of aromatic nitrogens is 2. The van der Waals surface area contributed by atoms with Crippen LogP contribution in [-0.4, -0.2) is 35.3 Å². The number of nitrogens with one attached hydrogen (secondary N) is 2. The lowest BCUT2D eigenvalue weighted by atomic mass is 10.0. The van der Waals surface area contributed by atoms with Crippen LogP contribution in [0.15, 0.2) is 34.8 Å². The van der Waals surface area contributed by atoms with Crippen molar-refractivity contribution in [3.8, 4) is 5.69 Å². The quantitative estimate of drug-likeness (QED) is 0.886. The number of carbonyl (C=O) groups excluding carboxylic acids is 1. The molecule has 0 radical (unpaired) electrons. The number of aryl methyl sites for hydroxylation is 1. The summed E-state index contributed by atoms with van der Waals surface area (Å²) >= 11 is 3.41. The van der Waals surface area contributed by atoms with Gasteiger partial charge in [-0.05, 0) is 37.3 Å². The summed E-state index contributed by atoms with van der Waals surface area (Å²) in [4.78, 5) is 12.1. The van der Waals surface area contributed by atoms with E-state index in [-0.39, 0.29) is 5.91 Å². The summed E-state index contributed by atoms with van der Waals surface area (Å²) in [6.07, 6.45) is 0. The minimum atomic E-state index is -0.110. The molecule has 2 heterocycles. The molecule has 2 N–H and O–H groups in total. The molecule has 0 aliphatic carbocycles. The highest BCUT2D eigenvalue weighted by molar-refractivity contribution is 9.10. The van der Waals surface area contributed by atoms with Crippen LogP contribution in [0.2, 0.25) is 0 Å². The van der Waals surface area contributed by atoms with E-state index in [0.29, 0.717) is 18.2 Å². The second-order valence-electron chi connectivity index (χ2n) is 5.29. The Kier molecular flexibility index (Phi) is 4.07. The van der Waals surface area contributed by atoms with Gasteiger partial charge in [0.15, 0.2) is 5.69 Å². The fraction of sp³-hybridized carbons (Fsp3) is 0.333. The summed E-state index contributed by atoms with van der Waals surface area (Å²) < 4.78 is 2.80. The van der Waals surface area contributed by atoms with Crippen molar-refractivity contribution in [3.63, 3.8) is 0 Å². The highest BCUT2D eigenvalue weighted by Gasteiger charge is 2.19. The Morgan fingerprint density at radius 2 is 2.14 bits per heavy atom. The van der Waals surface area contributed by atoms with E-state index in [1.807, 2.05) is 37.3 Å². The lowest BCUT2D eigenvalue weighted by Gasteiger charge is -2.26. The van der Waals surface area contributed by atoms with Crippen molar-refractivity contribution in [2.24, 2.45) is 5.92 Å². The molecule has 21 heavy (non-hydrogen) atoms. The molecule has 1 aliphatic rings. The van der Waals surface area contributed by atoms with E-state index >= 15 is 0 Å². The molecule has 1 saturated heterocycles. The Morgan fingerprint density at radius 1 is 1.43 bits per heavy atom. The van der Waals surface area contributed by atoms with Crippen molar-refractivity contribution in [1.82, 2.24) is 20.4 Å². The topological polar surface area (TPSA) is 59.0 Å². The van der Waals surface area contributed by atoms with Gasteiger partial charge < -0.3 is 10.6 Å². The van der Waals surface area contributed by atoms with E-state index in [1.165, 1.54) is 0 Å². The zero-order valence-corrected chi connectivity index (χ0v) is 13.4. The lowest BCUT2D eigenvalue weighted by Crippen LogP contribution is -2.48. The molecule has 1 aliphatic heterocycles. The number of halogens is 1. The second-order valence-corrected chi connectivity index (χ2v) is 6.21. The first-order valence-corrected chi connectivity index (χ1v) is 7.74. The molecule has 0 bridgehead atoms. The lowest BCUT2D eigenvalue weighted by molar-refractivity contribution is 0.0937. The van der Waals surface area contributed by atoms with Gasteiger partial charge in [0.2, 0.25) is 0 Å². The summed E-state index contributed by atoms with van der Waals surface area (Å²) in [6, 6.07) is 9.66. The molecular weight excluding hydrogens is 332 g/mol. The normalized spacial score (nSPS) is 14.8. The van der Waals surface area contributed by atoms with Crippen LogP contribution in [0.4, 0.5) is 0 Å². The largest absolute Gasteiger partial charge is 0.350 e. The molecule has 1 aromatic carbocycles. The molecule has 0 atom stereocenters. The van der Waals surface area contributed by atoms with Crippen molar-refractivity contribution in [1.29, 1.82) is 0 Å². The van der Waals surface area contributed by atoms with E-state index in [2.05, 4.69) is 31.7 Å². The summed E-state index contributed by atoms with van der Waals surface area (Å²) in [7, 11) is 0. The van der Waals surface area contributed by atoms with Gasteiger partial charge in [0.1, 0.15) is 0 Å². The van der Waals surface area contributed by atoms with Gasteiger partial charge in [0.05, 0.1) is 5.69 Å². The van der Waals surface area contributed by atoms with E-state index in [9.17, 15) is 4.79 Å². The third-order valence-electron chi connectivity index (χ3n) is 3.61. The molecule has 3 rings (SSSR count). The average Bonchev–Trinajstić information content (AvgIpc) is 2.80. The zero-order chi connectivity index (χ0) is 14.8. The van der Waals surface area contributed by atoms with Crippen molar-refractivity contribution in [2.75, 3.05) is 19.6 Å². The molecule has 0 unspecified atom stereocenters. The monoisotopic (exact) mass is 348 g/mol. The maximum absolute atomic E-state index is 12.1. The van der Waals surface area contributed by atoms with Gasteiger partial charge in [-0.3, -0.25) is 4.79 Å². The van der Waals surface area contributed by atoms with Crippen LogP contribution >= 0.6 is 15.9 Å². The average molecular weight is 349 g/mol. The van der Waals surface area contributed by atoms with Gasteiger partial charge >= 0.3 is 0 Å². The minimum Gasteiger partial charge on any atom is -0.350 e. The van der Waals surface area contributed by atoms with E-state index < -0.39 is 0 Å². The summed E-state index contributed by atoms with van der Waals surface area (Å²) in [5.41, 5.74) is 2.34. The zero-order valence-electron chi connectivity index (χ0n) is 11.8. The van der Waals surface area contributed by atoms with Crippen LogP contribution < -0.4 is 10.6 Å². The standard InChI is InChI=1S/C15H17BrN4O/c1-10-6-14(15(21)18-9-11-7-17-8-11)19-20(10)13-4-2-12(16)3-5-13/h2-6,11,17H,7-9H2,1H3,(H,18,21). The molecular formula is C15H17BrN4O. The van der Waals surface area contributed by atoms with Gasteiger partial charge in [-0.2, -0.15) is 5.10 Å². The van der Waals surface area contributed by atoms with Crippen LogP contribution in [0.3, 0.4) is 0 Å². The molecule has 5 nitrogen and oxygen atoms in total. The van der Waals surface area contributed by atoms with Crippen LogP contribution in [0, 0.1) is 12.8 Å². The van der Waals surface area contributed by atoms with Crippen molar-refractivity contribution >= 4 is 21.8 Å². The van der Waals surface area contributed by atoms with E-state index in [0.717, 1.165) is 28.9 Å².